The van der Waals surface area contributed by atoms with Gasteiger partial charge in [0.25, 0.3) is 0 Å². The molecule has 0 aliphatic rings. The highest BCUT2D eigenvalue weighted by Gasteiger charge is 2.23. The van der Waals surface area contributed by atoms with Crippen LogP contribution in [0.3, 0.4) is 0 Å². The number of nitrogens with two attached hydrogens (primary N) is 1. The standard InChI is InChI=1S/C15H14BrCl2NO/c16-10-4-5-12(14(18)7-10)15(20)13(8-19)9-2-1-3-11(17)6-9/h1-7,13,15,20H,8,19H2. The van der Waals surface area contributed by atoms with Gasteiger partial charge >= 0.3 is 0 Å². The van der Waals surface area contributed by atoms with Gasteiger partial charge in [0.2, 0.25) is 0 Å². The number of benzene rings is 2. The van der Waals surface area contributed by atoms with E-state index in [-0.39, 0.29) is 5.92 Å². The molecule has 5 heteroatoms. The van der Waals surface area contributed by atoms with Crippen molar-refractivity contribution >= 4 is 39.1 Å². The van der Waals surface area contributed by atoms with E-state index in [1.54, 1.807) is 18.2 Å². The molecule has 0 aromatic heterocycles. The summed E-state index contributed by atoms with van der Waals surface area (Å²) in [7, 11) is 0. The van der Waals surface area contributed by atoms with Crippen molar-refractivity contribution in [1.29, 1.82) is 0 Å². The van der Waals surface area contributed by atoms with Crippen molar-refractivity contribution in [3.63, 3.8) is 0 Å². The SMILES string of the molecule is NCC(c1cccc(Cl)c1)C(O)c1ccc(Br)cc1Cl. The van der Waals surface area contributed by atoms with Gasteiger partial charge in [-0.15, -0.1) is 0 Å². The summed E-state index contributed by atoms with van der Waals surface area (Å²) in [5.74, 6) is -0.257. The molecule has 0 spiro atoms. The largest absolute Gasteiger partial charge is 0.388 e. The van der Waals surface area contributed by atoms with Gasteiger partial charge in [-0.25, -0.2) is 0 Å². The number of rotatable bonds is 4. The van der Waals surface area contributed by atoms with Crippen LogP contribution in [0, 0.1) is 0 Å². The number of aliphatic hydroxyl groups excluding tert-OH is 1. The van der Waals surface area contributed by atoms with Gasteiger partial charge in [0.15, 0.2) is 0 Å². The average molecular weight is 375 g/mol. The highest BCUT2D eigenvalue weighted by Crippen LogP contribution is 2.35. The Labute approximate surface area is 136 Å². The Morgan fingerprint density at radius 3 is 2.50 bits per heavy atom. The molecule has 0 fully saturated rings. The summed E-state index contributed by atoms with van der Waals surface area (Å²) in [4.78, 5) is 0. The third-order valence-electron chi connectivity index (χ3n) is 3.19. The van der Waals surface area contributed by atoms with Crippen LogP contribution in [0.5, 0.6) is 0 Å². The zero-order chi connectivity index (χ0) is 14.7. The van der Waals surface area contributed by atoms with E-state index in [4.69, 9.17) is 28.9 Å². The lowest BCUT2D eigenvalue weighted by atomic mass is 9.89. The molecule has 0 amide bonds. The van der Waals surface area contributed by atoms with Gasteiger partial charge in [-0.1, -0.05) is 57.3 Å². The molecular formula is C15H14BrCl2NO. The average Bonchev–Trinajstić information content (AvgIpc) is 2.39. The van der Waals surface area contributed by atoms with Gasteiger partial charge in [-0.3, -0.25) is 0 Å². The van der Waals surface area contributed by atoms with E-state index >= 15 is 0 Å². The second-order valence-electron chi connectivity index (χ2n) is 4.51. The lowest BCUT2D eigenvalue weighted by Gasteiger charge is -2.23. The lowest BCUT2D eigenvalue weighted by molar-refractivity contribution is 0.147. The van der Waals surface area contributed by atoms with E-state index in [0.717, 1.165) is 10.0 Å². The monoisotopic (exact) mass is 373 g/mol. The highest BCUT2D eigenvalue weighted by atomic mass is 79.9. The van der Waals surface area contributed by atoms with E-state index < -0.39 is 6.10 Å². The molecule has 0 heterocycles. The van der Waals surface area contributed by atoms with Crippen molar-refractivity contribution in [1.82, 2.24) is 0 Å². The zero-order valence-corrected chi connectivity index (χ0v) is 13.7. The maximum atomic E-state index is 10.6. The fourth-order valence-electron chi connectivity index (χ4n) is 2.14. The number of aliphatic hydroxyl groups is 1. The van der Waals surface area contributed by atoms with Gasteiger partial charge < -0.3 is 10.8 Å². The summed E-state index contributed by atoms with van der Waals surface area (Å²) in [5, 5.41) is 11.7. The molecule has 0 radical (unpaired) electrons. The van der Waals surface area contributed by atoms with Crippen LogP contribution in [0.1, 0.15) is 23.1 Å². The fourth-order valence-corrected chi connectivity index (χ4v) is 3.13. The normalized spacial score (nSPS) is 14.1. The summed E-state index contributed by atoms with van der Waals surface area (Å²) in [6, 6.07) is 12.7. The maximum absolute atomic E-state index is 10.6. The second-order valence-corrected chi connectivity index (χ2v) is 6.27. The van der Waals surface area contributed by atoms with E-state index in [9.17, 15) is 5.11 Å². The predicted molar refractivity (Wildman–Crippen MR) is 87.4 cm³/mol. The molecule has 0 aliphatic heterocycles. The highest BCUT2D eigenvalue weighted by molar-refractivity contribution is 9.10. The van der Waals surface area contributed by atoms with E-state index in [0.29, 0.717) is 22.2 Å². The van der Waals surface area contributed by atoms with Gasteiger partial charge in [-0.2, -0.15) is 0 Å². The van der Waals surface area contributed by atoms with Gasteiger partial charge in [-0.05, 0) is 35.4 Å². The molecule has 2 unspecified atom stereocenters. The number of hydrogen-bond donors (Lipinski definition) is 2. The Hall–Kier alpha value is -0.580. The van der Waals surface area contributed by atoms with Crippen LogP contribution in [0.4, 0.5) is 0 Å². The van der Waals surface area contributed by atoms with Crippen molar-refractivity contribution in [2.75, 3.05) is 6.54 Å². The van der Waals surface area contributed by atoms with Crippen LogP contribution in [-0.4, -0.2) is 11.7 Å². The van der Waals surface area contributed by atoms with Crippen LogP contribution in [0.2, 0.25) is 10.0 Å². The Morgan fingerprint density at radius 2 is 1.90 bits per heavy atom. The molecule has 2 atom stereocenters. The van der Waals surface area contributed by atoms with Crippen LogP contribution >= 0.6 is 39.1 Å². The van der Waals surface area contributed by atoms with Crippen molar-refractivity contribution in [2.45, 2.75) is 12.0 Å². The van der Waals surface area contributed by atoms with E-state index in [2.05, 4.69) is 15.9 Å². The van der Waals surface area contributed by atoms with Crippen molar-refractivity contribution in [3.8, 4) is 0 Å². The predicted octanol–water partition coefficient (Wildman–Crippen LogP) is 4.53. The molecule has 2 nitrogen and oxygen atoms in total. The Bertz CT molecular complexity index is 606. The summed E-state index contributed by atoms with van der Waals surface area (Å²) in [5.41, 5.74) is 7.37. The molecule has 0 aliphatic carbocycles. The summed E-state index contributed by atoms with van der Waals surface area (Å²) < 4.78 is 0.866. The third kappa shape index (κ3) is 3.54. The third-order valence-corrected chi connectivity index (χ3v) is 4.25. The maximum Gasteiger partial charge on any atom is 0.0885 e. The number of halogens is 3. The van der Waals surface area contributed by atoms with Gasteiger partial charge in [0.05, 0.1) is 6.10 Å². The Morgan fingerprint density at radius 1 is 1.15 bits per heavy atom. The van der Waals surface area contributed by atoms with Gasteiger partial charge in [0, 0.05) is 27.0 Å². The molecule has 20 heavy (non-hydrogen) atoms. The first-order valence-corrected chi connectivity index (χ1v) is 7.66. The summed E-state index contributed by atoms with van der Waals surface area (Å²) >= 11 is 15.5. The van der Waals surface area contributed by atoms with Crippen LogP contribution < -0.4 is 5.73 Å². The van der Waals surface area contributed by atoms with Crippen LogP contribution in [-0.2, 0) is 0 Å². The minimum atomic E-state index is -0.779. The van der Waals surface area contributed by atoms with Crippen molar-refractivity contribution in [2.24, 2.45) is 5.73 Å². The molecule has 2 rings (SSSR count). The Kier molecular flexibility index (Phi) is 5.47. The van der Waals surface area contributed by atoms with Gasteiger partial charge in [0.1, 0.15) is 0 Å². The first kappa shape index (κ1) is 15.8. The molecule has 0 bridgehead atoms. The van der Waals surface area contributed by atoms with Crippen LogP contribution in [0.25, 0.3) is 0 Å². The van der Waals surface area contributed by atoms with Crippen molar-refractivity contribution < 1.29 is 5.11 Å². The Balaban J connectivity index is 2.36. The van der Waals surface area contributed by atoms with Crippen LogP contribution in [0.15, 0.2) is 46.9 Å². The first-order valence-electron chi connectivity index (χ1n) is 6.11. The first-order chi connectivity index (χ1) is 9.52. The zero-order valence-electron chi connectivity index (χ0n) is 10.6. The molecule has 2 aromatic rings. The number of hydrogen-bond acceptors (Lipinski definition) is 2. The minimum absolute atomic E-state index is 0.257. The fraction of sp³-hybridized carbons (Fsp3) is 0.200. The molecule has 3 N–H and O–H groups in total. The van der Waals surface area contributed by atoms with E-state index in [1.807, 2.05) is 24.3 Å². The lowest BCUT2D eigenvalue weighted by Crippen LogP contribution is -2.20. The quantitative estimate of drug-likeness (QED) is 0.825. The second kappa shape index (κ2) is 6.92. The minimum Gasteiger partial charge on any atom is -0.388 e. The summed E-state index contributed by atoms with van der Waals surface area (Å²) in [6.07, 6.45) is -0.779. The smallest absolute Gasteiger partial charge is 0.0885 e. The van der Waals surface area contributed by atoms with Crippen molar-refractivity contribution in [3.05, 3.63) is 68.1 Å². The molecular weight excluding hydrogens is 361 g/mol. The molecule has 0 saturated heterocycles. The molecule has 2 aromatic carbocycles. The topological polar surface area (TPSA) is 46.2 Å². The molecule has 106 valence electrons. The summed E-state index contributed by atoms with van der Waals surface area (Å²) in [6.45, 7) is 0.300. The van der Waals surface area contributed by atoms with E-state index in [1.165, 1.54) is 0 Å². The molecule has 0 saturated carbocycles.